The molecule has 1 heteroatoms. The van der Waals surface area contributed by atoms with E-state index in [1.165, 1.54) is 27.1 Å². The molecular formula is C20H15N. The standard InChI is InChI=1S/C20H15N/c1-14-5-9-18-15(12-14)6-7-16-13-17(8-10-19(16)18)20-4-2-3-11-21-20/h2-13H,1H3. The predicted octanol–water partition coefficient (Wildman–Crippen LogP) is 5.36. The minimum absolute atomic E-state index is 1.02. The zero-order chi connectivity index (χ0) is 14.2. The van der Waals surface area contributed by atoms with Crippen LogP contribution in [0.1, 0.15) is 5.56 Å². The molecule has 0 aliphatic rings. The number of fused-ring (bicyclic) bond motifs is 3. The molecule has 0 unspecified atom stereocenters. The first-order chi connectivity index (χ1) is 10.3. The van der Waals surface area contributed by atoms with Crippen LogP contribution in [0.3, 0.4) is 0 Å². The highest BCUT2D eigenvalue weighted by molar-refractivity contribution is 6.08. The summed E-state index contributed by atoms with van der Waals surface area (Å²) in [5.74, 6) is 0. The molecule has 0 spiro atoms. The maximum absolute atomic E-state index is 4.43. The molecule has 1 aromatic heterocycles. The molecule has 21 heavy (non-hydrogen) atoms. The van der Waals surface area contributed by atoms with Crippen LogP contribution in [-0.2, 0) is 0 Å². The van der Waals surface area contributed by atoms with Crippen LogP contribution in [0.25, 0.3) is 32.8 Å². The predicted molar refractivity (Wildman–Crippen MR) is 89.4 cm³/mol. The first-order valence-corrected chi connectivity index (χ1v) is 7.16. The first kappa shape index (κ1) is 12.1. The van der Waals surface area contributed by atoms with Crippen molar-refractivity contribution in [2.45, 2.75) is 6.92 Å². The van der Waals surface area contributed by atoms with Gasteiger partial charge in [-0.1, -0.05) is 54.1 Å². The summed E-state index contributed by atoms with van der Waals surface area (Å²) in [6.07, 6.45) is 1.84. The van der Waals surface area contributed by atoms with Crippen LogP contribution in [0.2, 0.25) is 0 Å². The van der Waals surface area contributed by atoms with Crippen molar-refractivity contribution in [2.75, 3.05) is 0 Å². The van der Waals surface area contributed by atoms with Gasteiger partial charge in [0.05, 0.1) is 5.69 Å². The number of rotatable bonds is 1. The normalized spacial score (nSPS) is 11.1. The summed E-state index contributed by atoms with van der Waals surface area (Å²) in [4.78, 5) is 4.43. The van der Waals surface area contributed by atoms with E-state index < -0.39 is 0 Å². The molecule has 0 amide bonds. The molecule has 0 fully saturated rings. The Bertz CT molecular complexity index is 940. The fraction of sp³-hybridized carbons (Fsp3) is 0.0500. The quantitative estimate of drug-likeness (QED) is 0.424. The van der Waals surface area contributed by atoms with Crippen molar-refractivity contribution in [3.05, 3.63) is 78.5 Å². The molecule has 0 saturated heterocycles. The van der Waals surface area contributed by atoms with Crippen LogP contribution in [-0.4, -0.2) is 4.98 Å². The van der Waals surface area contributed by atoms with Gasteiger partial charge in [0.1, 0.15) is 0 Å². The zero-order valence-electron chi connectivity index (χ0n) is 11.9. The number of hydrogen-bond acceptors (Lipinski definition) is 1. The van der Waals surface area contributed by atoms with Gasteiger partial charge < -0.3 is 0 Å². The largest absolute Gasteiger partial charge is 0.256 e. The average Bonchev–Trinajstić information content (AvgIpc) is 2.54. The van der Waals surface area contributed by atoms with Gasteiger partial charge in [-0.15, -0.1) is 0 Å². The minimum atomic E-state index is 1.02. The van der Waals surface area contributed by atoms with E-state index in [9.17, 15) is 0 Å². The molecule has 1 heterocycles. The Labute approximate surface area is 123 Å². The summed E-state index contributed by atoms with van der Waals surface area (Å²) < 4.78 is 0. The molecule has 0 aliphatic heterocycles. The molecular weight excluding hydrogens is 254 g/mol. The molecule has 4 rings (SSSR count). The molecule has 1 nitrogen and oxygen atoms in total. The lowest BCUT2D eigenvalue weighted by atomic mass is 9.98. The van der Waals surface area contributed by atoms with E-state index in [2.05, 4.69) is 60.4 Å². The summed E-state index contributed by atoms with van der Waals surface area (Å²) in [5, 5.41) is 5.17. The van der Waals surface area contributed by atoms with Crippen LogP contribution < -0.4 is 0 Å². The Morgan fingerprint density at radius 2 is 1.48 bits per heavy atom. The van der Waals surface area contributed by atoms with Crippen LogP contribution in [0.15, 0.2) is 72.9 Å². The number of nitrogens with zero attached hydrogens (tertiary/aromatic N) is 1. The number of pyridine rings is 1. The SMILES string of the molecule is Cc1ccc2c(ccc3cc(-c4ccccn4)ccc32)c1. The molecule has 0 aliphatic carbocycles. The monoisotopic (exact) mass is 269 g/mol. The molecule has 4 aromatic rings. The van der Waals surface area contributed by atoms with Gasteiger partial charge >= 0.3 is 0 Å². The van der Waals surface area contributed by atoms with E-state index in [4.69, 9.17) is 0 Å². The van der Waals surface area contributed by atoms with Crippen LogP contribution in [0.5, 0.6) is 0 Å². The van der Waals surface area contributed by atoms with Gasteiger partial charge in [-0.2, -0.15) is 0 Å². The van der Waals surface area contributed by atoms with Gasteiger partial charge in [-0.3, -0.25) is 4.98 Å². The number of hydrogen-bond donors (Lipinski definition) is 0. The van der Waals surface area contributed by atoms with Crippen molar-refractivity contribution < 1.29 is 0 Å². The van der Waals surface area contributed by atoms with E-state index in [1.807, 2.05) is 24.4 Å². The van der Waals surface area contributed by atoms with Crippen LogP contribution in [0.4, 0.5) is 0 Å². The Morgan fingerprint density at radius 1 is 0.714 bits per heavy atom. The molecule has 0 N–H and O–H groups in total. The van der Waals surface area contributed by atoms with Crippen molar-refractivity contribution in [2.24, 2.45) is 0 Å². The van der Waals surface area contributed by atoms with Crippen LogP contribution >= 0.6 is 0 Å². The van der Waals surface area contributed by atoms with Crippen LogP contribution in [0, 0.1) is 6.92 Å². The molecule has 0 radical (unpaired) electrons. The lowest BCUT2D eigenvalue weighted by Crippen LogP contribution is -1.84. The lowest BCUT2D eigenvalue weighted by molar-refractivity contribution is 1.33. The second-order valence-corrected chi connectivity index (χ2v) is 5.44. The highest BCUT2D eigenvalue weighted by Gasteiger charge is 2.04. The summed E-state index contributed by atoms with van der Waals surface area (Å²) in [5.41, 5.74) is 3.48. The van der Waals surface area contributed by atoms with Gasteiger partial charge in [-0.25, -0.2) is 0 Å². The van der Waals surface area contributed by atoms with Gasteiger partial charge in [0.2, 0.25) is 0 Å². The summed E-state index contributed by atoms with van der Waals surface area (Å²) in [6.45, 7) is 2.13. The van der Waals surface area contributed by atoms with Gasteiger partial charge in [-0.05, 0) is 46.7 Å². The second kappa shape index (κ2) is 4.71. The Hall–Kier alpha value is -2.67. The third-order valence-corrected chi connectivity index (χ3v) is 3.95. The van der Waals surface area contributed by atoms with Gasteiger partial charge in [0.25, 0.3) is 0 Å². The van der Waals surface area contributed by atoms with Crippen molar-refractivity contribution in [3.8, 4) is 11.3 Å². The summed E-state index contributed by atoms with van der Waals surface area (Å²) in [7, 11) is 0. The topological polar surface area (TPSA) is 12.9 Å². The zero-order valence-corrected chi connectivity index (χ0v) is 11.9. The summed E-state index contributed by atoms with van der Waals surface area (Å²) >= 11 is 0. The third-order valence-electron chi connectivity index (χ3n) is 3.95. The smallest absolute Gasteiger partial charge is 0.0702 e. The van der Waals surface area contributed by atoms with Crippen molar-refractivity contribution >= 4 is 21.5 Å². The Kier molecular flexibility index (Phi) is 2.71. The molecule has 0 atom stereocenters. The Morgan fingerprint density at radius 3 is 2.24 bits per heavy atom. The van der Waals surface area contributed by atoms with E-state index in [1.54, 1.807) is 0 Å². The number of aryl methyl sites for hydroxylation is 1. The van der Waals surface area contributed by atoms with E-state index in [0.29, 0.717) is 0 Å². The lowest BCUT2D eigenvalue weighted by Gasteiger charge is -2.07. The first-order valence-electron chi connectivity index (χ1n) is 7.16. The number of benzene rings is 3. The van der Waals surface area contributed by atoms with Gasteiger partial charge in [0.15, 0.2) is 0 Å². The second-order valence-electron chi connectivity index (χ2n) is 5.44. The maximum atomic E-state index is 4.43. The van der Waals surface area contributed by atoms with E-state index >= 15 is 0 Å². The van der Waals surface area contributed by atoms with E-state index in [0.717, 1.165) is 11.3 Å². The highest BCUT2D eigenvalue weighted by atomic mass is 14.7. The van der Waals surface area contributed by atoms with Crippen molar-refractivity contribution in [1.29, 1.82) is 0 Å². The third kappa shape index (κ3) is 2.07. The highest BCUT2D eigenvalue weighted by Crippen LogP contribution is 2.29. The maximum Gasteiger partial charge on any atom is 0.0702 e. The minimum Gasteiger partial charge on any atom is -0.256 e. The Balaban J connectivity index is 1.97. The molecule has 0 saturated carbocycles. The average molecular weight is 269 g/mol. The fourth-order valence-corrected chi connectivity index (χ4v) is 2.88. The fourth-order valence-electron chi connectivity index (χ4n) is 2.88. The molecule has 0 bridgehead atoms. The van der Waals surface area contributed by atoms with Crippen molar-refractivity contribution in [1.82, 2.24) is 4.98 Å². The molecule has 3 aromatic carbocycles. The van der Waals surface area contributed by atoms with Crippen molar-refractivity contribution in [3.63, 3.8) is 0 Å². The molecule has 100 valence electrons. The summed E-state index contributed by atoms with van der Waals surface area (Å²) in [6, 6.07) is 23.6. The van der Waals surface area contributed by atoms with Gasteiger partial charge in [0, 0.05) is 11.8 Å². The number of aromatic nitrogens is 1. The van der Waals surface area contributed by atoms with E-state index in [-0.39, 0.29) is 0 Å².